The first kappa shape index (κ1) is 13.7. The van der Waals surface area contributed by atoms with Crippen molar-refractivity contribution in [3.8, 4) is 17.2 Å². The molecule has 0 radical (unpaired) electrons. The first-order chi connectivity index (χ1) is 10.1. The van der Waals surface area contributed by atoms with Crippen molar-refractivity contribution in [2.24, 2.45) is 5.73 Å². The van der Waals surface area contributed by atoms with Crippen LogP contribution in [0.1, 0.15) is 24.3 Å². The SMILES string of the molecule is Cc1nnc(COc2cc3c(cc2CC(C)N)OCO3)o1. The maximum absolute atomic E-state index is 5.88. The summed E-state index contributed by atoms with van der Waals surface area (Å²) in [5.41, 5.74) is 6.84. The van der Waals surface area contributed by atoms with Crippen LogP contribution in [0.2, 0.25) is 0 Å². The van der Waals surface area contributed by atoms with Gasteiger partial charge in [0.15, 0.2) is 18.1 Å². The zero-order valence-corrected chi connectivity index (χ0v) is 12.0. The highest BCUT2D eigenvalue weighted by molar-refractivity contribution is 5.52. The predicted octanol–water partition coefficient (Wildman–Crippen LogP) is 1.58. The molecule has 7 nitrogen and oxygen atoms in total. The third kappa shape index (κ3) is 3.08. The third-order valence-electron chi connectivity index (χ3n) is 3.02. The maximum atomic E-state index is 5.88. The van der Waals surface area contributed by atoms with Gasteiger partial charge in [-0.25, -0.2) is 0 Å². The Morgan fingerprint density at radius 3 is 2.71 bits per heavy atom. The van der Waals surface area contributed by atoms with Crippen molar-refractivity contribution in [3.63, 3.8) is 0 Å². The monoisotopic (exact) mass is 291 g/mol. The topological polar surface area (TPSA) is 92.6 Å². The maximum Gasteiger partial charge on any atom is 0.253 e. The van der Waals surface area contributed by atoms with E-state index < -0.39 is 0 Å². The summed E-state index contributed by atoms with van der Waals surface area (Å²) in [6, 6.07) is 3.72. The number of nitrogens with two attached hydrogens (primary N) is 1. The number of aromatic nitrogens is 2. The van der Waals surface area contributed by atoms with Gasteiger partial charge in [0, 0.05) is 19.0 Å². The number of rotatable bonds is 5. The van der Waals surface area contributed by atoms with Gasteiger partial charge in [-0.1, -0.05) is 0 Å². The average molecular weight is 291 g/mol. The van der Waals surface area contributed by atoms with Gasteiger partial charge in [-0.15, -0.1) is 10.2 Å². The second kappa shape index (κ2) is 5.61. The first-order valence-electron chi connectivity index (χ1n) is 6.71. The van der Waals surface area contributed by atoms with Crippen LogP contribution in [0.25, 0.3) is 0 Å². The molecule has 0 saturated carbocycles. The molecule has 1 aliphatic heterocycles. The van der Waals surface area contributed by atoms with Gasteiger partial charge < -0.3 is 24.4 Å². The zero-order valence-electron chi connectivity index (χ0n) is 12.0. The van der Waals surface area contributed by atoms with E-state index in [9.17, 15) is 0 Å². The van der Waals surface area contributed by atoms with Gasteiger partial charge >= 0.3 is 0 Å². The van der Waals surface area contributed by atoms with Crippen molar-refractivity contribution in [3.05, 3.63) is 29.5 Å². The summed E-state index contributed by atoms with van der Waals surface area (Å²) in [6.45, 7) is 4.10. The van der Waals surface area contributed by atoms with Crippen LogP contribution in [0.5, 0.6) is 17.2 Å². The molecule has 2 N–H and O–H groups in total. The largest absolute Gasteiger partial charge is 0.483 e. The molecule has 21 heavy (non-hydrogen) atoms. The van der Waals surface area contributed by atoms with Crippen LogP contribution in [0.3, 0.4) is 0 Å². The highest BCUT2D eigenvalue weighted by Crippen LogP contribution is 2.38. The molecule has 0 bridgehead atoms. The van der Waals surface area contributed by atoms with Crippen molar-refractivity contribution in [2.75, 3.05) is 6.79 Å². The van der Waals surface area contributed by atoms with E-state index in [1.165, 1.54) is 0 Å². The Morgan fingerprint density at radius 1 is 1.29 bits per heavy atom. The second-order valence-electron chi connectivity index (χ2n) is 5.00. The van der Waals surface area contributed by atoms with Crippen molar-refractivity contribution in [1.82, 2.24) is 10.2 Å². The fraction of sp³-hybridized carbons (Fsp3) is 0.429. The Labute approximate surface area is 122 Å². The lowest BCUT2D eigenvalue weighted by Crippen LogP contribution is -2.18. The van der Waals surface area contributed by atoms with Crippen LogP contribution in [0.4, 0.5) is 0 Å². The van der Waals surface area contributed by atoms with Crippen LogP contribution in [0.15, 0.2) is 16.5 Å². The number of aryl methyl sites for hydroxylation is 1. The molecule has 112 valence electrons. The van der Waals surface area contributed by atoms with Crippen LogP contribution in [-0.4, -0.2) is 23.0 Å². The van der Waals surface area contributed by atoms with Crippen molar-refractivity contribution >= 4 is 0 Å². The van der Waals surface area contributed by atoms with Crippen molar-refractivity contribution in [2.45, 2.75) is 32.9 Å². The molecule has 1 aromatic carbocycles. The zero-order chi connectivity index (χ0) is 14.8. The molecule has 7 heteroatoms. The highest BCUT2D eigenvalue weighted by Gasteiger charge is 2.19. The molecule has 0 aliphatic carbocycles. The van der Waals surface area contributed by atoms with E-state index >= 15 is 0 Å². The lowest BCUT2D eigenvalue weighted by atomic mass is 10.1. The van der Waals surface area contributed by atoms with E-state index in [-0.39, 0.29) is 19.4 Å². The van der Waals surface area contributed by atoms with Gasteiger partial charge in [0.1, 0.15) is 5.75 Å². The molecule has 2 aromatic rings. The number of hydrogen-bond acceptors (Lipinski definition) is 7. The molecule has 0 saturated heterocycles. The van der Waals surface area contributed by atoms with Gasteiger partial charge in [0.05, 0.1) is 0 Å². The van der Waals surface area contributed by atoms with Gasteiger partial charge in [-0.05, 0) is 25.0 Å². The minimum absolute atomic E-state index is 0.0124. The molecule has 1 unspecified atom stereocenters. The van der Waals surface area contributed by atoms with E-state index in [0.717, 1.165) is 5.56 Å². The molecule has 2 heterocycles. The summed E-state index contributed by atoms with van der Waals surface area (Å²) in [7, 11) is 0. The Kier molecular flexibility index (Phi) is 3.66. The van der Waals surface area contributed by atoms with Crippen molar-refractivity contribution in [1.29, 1.82) is 0 Å². The number of nitrogens with zero attached hydrogens (tertiary/aromatic N) is 2. The average Bonchev–Trinajstić information content (AvgIpc) is 3.03. The molecule has 0 spiro atoms. The molecular weight excluding hydrogens is 274 g/mol. The van der Waals surface area contributed by atoms with Crippen LogP contribution in [-0.2, 0) is 13.0 Å². The van der Waals surface area contributed by atoms with Crippen LogP contribution in [0, 0.1) is 6.92 Å². The smallest absolute Gasteiger partial charge is 0.253 e. The van der Waals surface area contributed by atoms with Crippen LogP contribution >= 0.6 is 0 Å². The highest BCUT2D eigenvalue weighted by atomic mass is 16.7. The molecule has 0 amide bonds. The Hall–Kier alpha value is -2.28. The molecule has 1 aliphatic rings. The molecule has 3 rings (SSSR count). The van der Waals surface area contributed by atoms with Gasteiger partial charge in [0.2, 0.25) is 12.7 Å². The number of hydrogen-bond donors (Lipinski definition) is 1. The van der Waals surface area contributed by atoms with E-state index in [1.54, 1.807) is 6.92 Å². The van der Waals surface area contributed by atoms with Crippen molar-refractivity contribution < 1.29 is 18.6 Å². The number of benzene rings is 1. The van der Waals surface area contributed by atoms with E-state index in [0.29, 0.717) is 35.5 Å². The Morgan fingerprint density at radius 2 is 2.05 bits per heavy atom. The standard InChI is InChI=1S/C14H17N3O4/c1-8(15)3-10-4-12-13(20-7-19-12)5-11(10)18-6-14-17-16-9(2)21-14/h4-5,8H,3,6-7,15H2,1-2H3. The molecule has 0 fully saturated rings. The molecule has 1 aromatic heterocycles. The number of fused-ring (bicyclic) bond motifs is 1. The minimum Gasteiger partial charge on any atom is -0.483 e. The minimum atomic E-state index is 0.0124. The fourth-order valence-electron chi connectivity index (χ4n) is 2.14. The summed E-state index contributed by atoms with van der Waals surface area (Å²) in [5.74, 6) is 3.01. The van der Waals surface area contributed by atoms with Crippen LogP contribution < -0.4 is 19.9 Å². The summed E-state index contributed by atoms with van der Waals surface area (Å²) < 4.78 is 21.8. The summed E-state index contributed by atoms with van der Waals surface area (Å²) >= 11 is 0. The molecular formula is C14H17N3O4. The van der Waals surface area contributed by atoms with E-state index in [1.807, 2.05) is 19.1 Å². The summed E-state index contributed by atoms with van der Waals surface area (Å²) in [5, 5.41) is 7.67. The fourth-order valence-corrected chi connectivity index (χ4v) is 2.14. The second-order valence-corrected chi connectivity index (χ2v) is 5.00. The molecule has 1 atom stereocenters. The third-order valence-corrected chi connectivity index (χ3v) is 3.02. The lowest BCUT2D eigenvalue weighted by molar-refractivity contribution is 0.173. The number of ether oxygens (including phenoxy) is 3. The normalized spacial score (nSPS) is 14.2. The lowest BCUT2D eigenvalue weighted by Gasteiger charge is -2.13. The van der Waals surface area contributed by atoms with E-state index in [4.69, 9.17) is 24.4 Å². The van der Waals surface area contributed by atoms with Gasteiger partial charge in [-0.3, -0.25) is 0 Å². The summed E-state index contributed by atoms with van der Waals surface area (Å²) in [6.07, 6.45) is 0.675. The summed E-state index contributed by atoms with van der Waals surface area (Å²) in [4.78, 5) is 0. The van der Waals surface area contributed by atoms with E-state index in [2.05, 4.69) is 10.2 Å². The van der Waals surface area contributed by atoms with Gasteiger partial charge in [-0.2, -0.15) is 0 Å². The Bertz CT molecular complexity index is 639. The Balaban J connectivity index is 1.81. The first-order valence-corrected chi connectivity index (χ1v) is 6.71. The quantitative estimate of drug-likeness (QED) is 0.893. The predicted molar refractivity (Wildman–Crippen MR) is 73.3 cm³/mol. The van der Waals surface area contributed by atoms with Gasteiger partial charge in [0.25, 0.3) is 5.89 Å².